The van der Waals surface area contributed by atoms with Gasteiger partial charge in [-0.15, -0.1) is 11.3 Å². The van der Waals surface area contributed by atoms with Gasteiger partial charge in [0.15, 0.2) is 6.61 Å². The molecule has 29 heavy (non-hydrogen) atoms. The number of benzene rings is 1. The summed E-state index contributed by atoms with van der Waals surface area (Å²) in [5.74, 6) is -1.64. The third-order valence-corrected chi connectivity index (χ3v) is 5.16. The number of esters is 1. The summed E-state index contributed by atoms with van der Waals surface area (Å²) >= 11 is 1.28. The van der Waals surface area contributed by atoms with Crippen LogP contribution < -0.4 is 10.6 Å². The SMILES string of the molecule is CC(=O)Nc1sc(C)c(C)c1C(=O)OCC(=O)Nc1ccc(C(=O)N(C)C)cc1. The first-order valence-electron chi connectivity index (χ1n) is 8.76. The predicted molar refractivity (Wildman–Crippen MR) is 111 cm³/mol. The average Bonchev–Trinajstić information content (AvgIpc) is 2.92. The minimum atomic E-state index is -0.683. The van der Waals surface area contributed by atoms with Crippen molar-refractivity contribution in [1.29, 1.82) is 0 Å². The molecular weight excluding hydrogens is 394 g/mol. The Hall–Kier alpha value is -3.20. The molecule has 0 atom stereocenters. The number of nitrogens with one attached hydrogen (secondary N) is 2. The summed E-state index contributed by atoms with van der Waals surface area (Å²) in [4.78, 5) is 50.1. The lowest BCUT2D eigenvalue weighted by molar-refractivity contribution is -0.119. The van der Waals surface area contributed by atoms with Crippen molar-refractivity contribution in [2.45, 2.75) is 20.8 Å². The predicted octanol–water partition coefficient (Wildman–Crippen LogP) is 2.82. The molecule has 1 aromatic heterocycles. The Morgan fingerprint density at radius 2 is 1.66 bits per heavy atom. The van der Waals surface area contributed by atoms with Crippen LogP contribution in [0.5, 0.6) is 0 Å². The molecule has 2 rings (SSSR count). The molecule has 0 aliphatic carbocycles. The van der Waals surface area contributed by atoms with Crippen LogP contribution in [0.4, 0.5) is 10.7 Å². The normalized spacial score (nSPS) is 10.2. The van der Waals surface area contributed by atoms with E-state index in [2.05, 4.69) is 10.6 Å². The smallest absolute Gasteiger partial charge is 0.341 e. The second kappa shape index (κ2) is 9.33. The first-order chi connectivity index (χ1) is 13.6. The van der Waals surface area contributed by atoms with Crippen molar-refractivity contribution in [1.82, 2.24) is 4.90 Å². The zero-order valence-electron chi connectivity index (χ0n) is 16.9. The van der Waals surface area contributed by atoms with Crippen LogP contribution in [0, 0.1) is 13.8 Å². The zero-order valence-corrected chi connectivity index (χ0v) is 17.7. The zero-order chi connectivity index (χ0) is 21.7. The minimum Gasteiger partial charge on any atom is -0.452 e. The molecule has 0 aliphatic rings. The van der Waals surface area contributed by atoms with E-state index in [0.29, 0.717) is 21.8 Å². The topological polar surface area (TPSA) is 105 Å². The quantitative estimate of drug-likeness (QED) is 0.703. The van der Waals surface area contributed by atoms with E-state index in [1.54, 1.807) is 45.3 Å². The van der Waals surface area contributed by atoms with Crippen molar-refractivity contribution in [3.63, 3.8) is 0 Å². The number of hydrogen-bond donors (Lipinski definition) is 2. The number of carbonyl (C=O) groups is 4. The summed E-state index contributed by atoms with van der Waals surface area (Å²) in [5.41, 5.74) is 1.92. The second-order valence-corrected chi connectivity index (χ2v) is 7.79. The standard InChI is InChI=1S/C20H23N3O5S/c1-11-12(2)29-18(21-13(3)24)17(11)20(27)28-10-16(25)22-15-8-6-14(7-9-15)19(26)23(4)5/h6-9H,10H2,1-5H3,(H,21,24)(H,22,25). The Labute approximate surface area is 172 Å². The van der Waals surface area contributed by atoms with E-state index < -0.39 is 18.5 Å². The molecule has 9 heteroatoms. The molecule has 2 N–H and O–H groups in total. The van der Waals surface area contributed by atoms with E-state index in [-0.39, 0.29) is 17.4 Å². The molecule has 0 spiro atoms. The largest absolute Gasteiger partial charge is 0.452 e. The fraction of sp³-hybridized carbons (Fsp3) is 0.300. The molecule has 154 valence electrons. The van der Waals surface area contributed by atoms with Gasteiger partial charge in [-0.3, -0.25) is 14.4 Å². The number of hydrogen-bond acceptors (Lipinski definition) is 6. The van der Waals surface area contributed by atoms with Crippen LogP contribution in [0.1, 0.15) is 38.1 Å². The summed E-state index contributed by atoms with van der Waals surface area (Å²) < 4.78 is 5.12. The molecule has 0 aliphatic heterocycles. The second-order valence-electron chi connectivity index (χ2n) is 6.57. The van der Waals surface area contributed by atoms with Gasteiger partial charge in [-0.1, -0.05) is 0 Å². The van der Waals surface area contributed by atoms with Gasteiger partial charge in [-0.2, -0.15) is 0 Å². The minimum absolute atomic E-state index is 0.145. The van der Waals surface area contributed by atoms with E-state index in [0.717, 1.165) is 4.88 Å². The Bertz CT molecular complexity index is 948. The van der Waals surface area contributed by atoms with E-state index in [9.17, 15) is 19.2 Å². The highest BCUT2D eigenvalue weighted by molar-refractivity contribution is 7.16. The van der Waals surface area contributed by atoms with Crippen LogP contribution in [-0.2, 0) is 14.3 Å². The first-order valence-corrected chi connectivity index (χ1v) is 9.58. The summed E-state index contributed by atoms with van der Waals surface area (Å²) in [6.07, 6.45) is 0. The molecule has 0 unspecified atom stereocenters. The Morgan fingerprint density at radius 1 is 1.03 bits per heavy atom. The number of anilines is 2. The van der Waals surface area contributed by atoms with Gasteiger partial charge in [0.2, 0.25) is 5.91 Å². The maximum atomic E-state index is 12.4. The van der Waals surface area contributed by atoms with Gasteiger partial charge in [0.1, 0.15) is 5.00 Å². The lowest BCUT2D eigenvalue weighted by atomic mass is 10.1. The molecule has 2 aromatic rings. The van der Waals surface area contributed by atoms with Crippen molar-refractivity contribution in [2.24, 2.45) is 0 Å². The molecule has 0 saturated heterocycles. The maximum absolute atomic E-state index is 12.4. The van der Waals surface area contributed by atoms with Crippen LogP contribution in [0.3, 0.4) is 0 Å². The van der Waals surface area contributed by atoms with Crippen LogP contribution in [-0.4, -0.2) is 49.3 Å². The first kappa shape index (κ1) is 22.1. The van der Waals surface area contributed by atoms with Crippen molar-refractivity contribution in [3.05, 3.63) is 45.8 Å². The van der Waals surface area contributed by atoms with Crippen molar-refractivity contribution in [3.8, 4) is 0 Å². The average molecular weight is 417 g/mol. The summed E-state index contributed by atoms with van der Waals surface area (Å²) in [6.45, 7) is 4.46. The van der Waals surface area contributed by atoms with E-state index in [1.807, 2.05) is 6.92 Å². The third-order valence-electron chi connectivity index (χ3n) is 4.04. The summed E-state index contributed by atoms with van der Waals surface area (Å²) in [5, 5.41) is 5.62. The number of ether oxygens (including phenoxy) is 1. The fourth-order valence-corrected chi connectivity index (χ4v) is 3.57. The van der Waals surface area contributed by atoms with E-state index in [4.69, 9.17) is 4.74 Å². The summed E-state index contributed by atoms with van der Waals surface area (Å²) in [6, 6.07) is 6.39. The van der Waals surface area contributed by atoms with Gasteiger partial charge in [0.05, 0.1) is 5.56 Å². The van der Waals surface area contributed by atoms with Gasteiger partial charge in [0.25, 0.3) is 11.8 Å². The third kappa shape index (κ3) is 5.64. The van der Waals surface area contributed by atoms with Crippen molar-refractivity contribution < 1.29 is 23.9 Å². The van der Waals surface area contributed by atoms with E-state index >= 15 is 0 Å². The van der Waals surface area contributed by atoms with Crippen LogP contribution in [0.25, 0.3) is 0 Å². The van der Waals surface area contributed by atoms with Gasteiger partial charge in [0, 0.05) is 37.1 Å². The fourth-order valence-electron chi connectivity index (χ4n) is 2.48. The number of thiophene rings is 1. The van der Waals surface area contributed by atoms with Crippen molar-refractivity contribution in [2.75, 3.05) is 31.3 Å². The van der Waals surface area contributed by atoms with Crippen molar-refractivity contribution >= 4 is 45.7 Å². The van der Waals surface area contributed by atoms with Crippen LogP contribution in [0.2, 0.25) is 0 Å². The summed E-state index contributed by atoms with van der Waals surface area (Å²) in [7, 11) is 3.31. The van der Waals surface area contributed by atoms with Crippen LogP contribution in [0.15, 0.2) is 24.3 Å². The maximum Gasteiger partial charge on any atom is 0.341 e. The Balaban J connectivity index is 1.98. The van der Waals surface area contributed by atoms with Crippen LogP contribution >= 0.6 is 11.3 Å². The van der Waals surface area contributed by atoms with Gasteiger partial charge >= 0.3 is 5.97 Å². The molecule has 3 amide bonds. The number of amides is 3. The number of carbonyl (C=O) groups excluding carboxylic acids is 4. The van der Waals surface area contributed by atoms with Gasteiger partial charge in [-0.25, -0.2) is 4.79 Å². The Kier molecular flexibility index (Phi) is 7.11. The van der Waals surface area contributed by atoms with Gasteiger partial charge in [-0.05, 0) is 43.7 Å². The van der Waals surface area contributed by atoms with E-state index in [1.165, 1.54) is 23.2 Å². The highest BCUT2D eigenvalue weighted by Crippen LogP contribution is 2.32. The highest BCUT2D eigenvalue weighted by Gasteiger charge is 2.22. The van der Waals surface area contributed by atoms with Gasteiger partial charge < -0.3 is 20.3 Å². The molecular formula is C20H23N3O5S. The molecule has 0 bridgehead atoms. The molecule has 0 fully saturated rings. The molecule has 0 saturated carbocycles. The molecule has 1 aromatic carbocycles. The molecule has 0 radical (unpaired) electrons. The number of rotatable bonds is 6. The molecule has 8 nitrogen and oxygen atoms in total. The lowest BCUT2D eigenvalue weighted by Gasteiger charge is -2.11. The highest BCUT2D eigenvalue weighted by atomic mass is 32.1. The number of aryl methyl sites for hydroxylation is 1. The Morgan fingerprint density at radius 3 is 2.21 bits per heavy atom. The molecule has 1 heterocycles. The number of nitrogens with zero attached hydrogens (tertiary/aromatic N) is 1. The monoisotopic (exact) mass is 417 g/mol. The lowest BCUT2D eigenvalue weighted by Crippen LogP contribution is -2.22.